The first-order valence-corrected chi connectivity index (χ1v) is 5.27. The number of nitrogens with zero attached hydrogens (tertiary/aromatic N) is 2. The van der Waals surface area contributed by atoms with E-state index in [0.717, 1.165) is 18.1 Å². The van der Waals surface area contributed by atoms with Gasteiger partial charge in [-0.3, -0.25) is 0 Å². The van der Waals surface area contributed by atoms with E-state index >= 15 is 0 Å². The van der Waals surface area contributed by atoms with Crippen molar-refractivity contribution in [2.75, 3.05) is 11.2 Å². The molecule has 1 rings (SSSR count). The van der Waals surface area contributed by atoms with Crippen molar-refractivity contribution in [1.82, 2.24) is 9.97 Å². The lowest BCUT2D eigenvalue weighted by Crippen LogP contribution is -2.36. The summed E-state index contributed by atoms with van der Waals surface area (Å²) in [6.45, 7) is 6.05. The maximum absolute atomic E-state index is 5.89. The Morgan fingerprint density at radius 2 is 2.29 bits per heavy atom. The molecule has 0 aromatic carbocycles. The molecule has 1 heterocycles. The highest BCUT2D eigenvalue weighted by atomic mass is 35.5. The molecule has 1 aromatic rings. The van der Waals surface area contributed by atoms with E-state index < -0.39 is 0 Å². The van der Waals surface area contributed by atoms with Gasteiger partial charge < -0.3 is 5.32 Å². The summed E-state index contributed by atoms with van der Waals surface area (Å²) in [5.74, 6) is 2.16. The lowest BCUT2D eigenvalue weighted by Gasteiger charge is -2.27. The first-order valence-electron chi connectivity index (χ1n) is 4.73. The molecular weight excluding hydrogens is 198 g/mol. The Balaban J connectivity index is 2.77. The second-order valence-corrected chi connectivity index (χ2v) is 3.93. The number of hydrogen-bond acceptors (Lipinski definition) is 3. The fourth-order valence-electron chi connectivity index (χ4n) is 1.05. The van der Waals surface area contributed by atoms with E-state index in [0.29, 0.717) is 5.88 Å². The molecule has 0 aliphatic carbocycles. The number of anilines is 1. The van der Waals surface area contributed by atoms with Crippen molar-refractivity contribution < 1.29 is 0 Å². The molecule has 0 amide bonds. The average molecular weight is 214 g/mol. The minimum absolute atomic E-state index is 0.0949. The quantitative estimate of drug-likeness (QED) is 0.782. The average Bonchev–Trinajstić information content (AvgIpc) is 2.18. The standard InChI is InChI=1S/C10H16ClN3/c1-4-10(3,7-11)14-9-5-6-12-8(2)13-9/h5-6H,4,7H2,1-3H3,(H,12,13,14). The molecule has 0 aliphatic rings. The normalized spacial score (nSPS) is 14.9. The van der Waals surface area contributed by atoms with Crippen LogP contribution >= 0.6 is 11.6 Å². The molecule has 1 N–H and O–H groups in total. The molecule has 78 valence electrons. The van der Waals surface area contributed by atoms with E-state index in [1.54, 1.807) is 6.20 Å². The highest BCUT2D eigenvalue weighted by molar-refractivity contribution is 6.18. The van der Waals surface area contributed by atoms with Crippen molar-refractivity contribution in [3.05, 3.63) is 18.1 Å². The Bertz CT molecular complexity index is 297. The fourth-order valence-corrected chi connectivity index (χ4v) is 1.31. The van der Waals surface area contributed by atoms with E-state index in [9.17, 15) is 0 Å². The Hall–Kier alpha value is -0.830. The molecule has 0 spiro atoms. The zero-order chi connectivity index (χ0) is 10.6. The molecule has 1 aromatic heterocycles. The van der Waals surface area contributed by atoms with Gasteiger partial charge >= 0.3 is 0 Å². The zero-order valence-electron chi connectivity index (χ0n) is 8.84. The number of alkyl halides is 1. The third-order valence-corrected chi connectivity index (χ3v) is 2.87. The SMILES string of the molecule is CCC(C)(CCl)Nc1ccnc(C)n1. The van der Waals surface area contributed by atoms with Gasteiger partial charge in [-0.15, -0.1) is 11.6 Å². The van der Waals surface area contributed by atoms with Gasteiger partial charge in [-0.25, -0.2) is 9.97 Å². The zero-order valence-corrected chi connectivity index (χ0v) is 9.60. The minimum Gasteiger partial charge on any atom is -0.364 e. The van der Waals surface area contributed by atoms with Crippen molar-refractivity contribution >= 4 is 17.4 Å². The van der Waals surface area contributed by atoms with Crippen molar-refractivity contribution in [2.24, 2.45) is 0 Å². The molecular formula is C10H16ClN3. The van der Waals surface area contributed by atoms with E-state index in [4.69, 9.17) is 11.6 Å². The number of hydrogen-bond donors (Lipinski definition) is 1. The first-order chi connectivity index (χ1) is 6.59. The van der Waals surface area contributed by atoms with Crippen LogP contribution in [0.25, 0.3) is 0 Å². The van der Waals surface area contributed by atoms with E-state index in [-0.39, 0.29) is 5.54 Å². The summed E-state index contributed by atoms with van der Waals surface area (Å²) < 4.78 is 0. The summed E-state index contributed by atoms with van der Waals surface area (Å²) in [4.78, 5) is 8.31. The van der Waals surface area contributed by atoms with Gasteiger partial charge in [0.05, 0.1) is 0 Å². The molecule has 0 bridgehead atoms. The molecule has 0 radical (unpaired) electrons. The molecule has 0 fully saturated rings. The Kier molecular flexibility index (Phi) is 3.69. The van der Waals surface area contributed by atoms with Crippen molar-refractivity contribution in [1.29, 1.82) is 0 Å². The van der Waals surface area contributed by atoms with Crippen LogP contribution in [0.5, 0.6) is 0 Å². The van der Waals surface area contributed by atoms with Gasteiger partial charge in [-0.05, 0) is 26.3 Å². The second kappa shape index (κ2) is 4.60. The summed E-state index contributed by atoms with van der Waals surface area (Å²) in [6.07, 6.45) is 2.70. The summed E-state index contributed by atoms with van der Waals surface area (Å²) in [7, 11) is 0. The monoisotopic (exact) mass is 213 g/mol. The van der Waals surface area contributed by atoms with Crippen LogP contribution in [-0.4, -0.2) is 21.4 Å². The third kappa shape index (κ3) is 2.84. The highest BCUT2D eigenvalue weighted by Crippen LogP contribution is 2.17. The Labute approximate surface area is 89.9 Å². The van der Waals surface area contributed by atoms with Crippen LogP contribution in [0.3, 0.4) is 0 Å². The number of aryl methyl sites for hydroxylation is 1. The fraction of sp³-hybridized carbons (Fsp3) is 0.600. The van der Waals surface area contributed by atoms with Gasteiger partial charge in [0.15, 0.2) is 0 Å². The lowest BCUT2D eigenvalue weighted by molar-refractivity contribution is 0.551. The number of nitrogens with one attached hydrogen (secondary N) is 1. The Morgan fingerprint density at radius 1 is 1.57 bits per heavy atom. The van der Waals surface area contributed by atoms with E-state index in [1.807, 2.05) is 13.0 Å². The number of rotatable bonds is 4. The summed E-state index contributed by atoms with van der Waals surface area (Å²) in [6, 6.07) is 1.85. The number of aromatic nitrogens is 2. The molecule has 0 saturated carbocycles. The molecule has 0 aliphatic heterocycles. The third-order valence-electron chi connectivity index (χ3n) is 2.28. The molecule has 1 unspecified atom stereocenters. The number of halogens is 1. The lowest BCUT2D eigenvalue weighted by atomic mass is 10.0. The smallest absolute Gasteiger partial charge is 0.130 e. The molecule has 4 heteroatoms. The van der Waals surface area contributed by atoms with Gasteiger partial charge in [0.25, 0.3) is 0 Å². The second-order valence-electron chi connectivity index (χ2n) is 3.66. The maximum Gasteiger partial charge on any atom is 0.130 e. The van der Waals surface area contributed by atoms with Crippen LogP contribution in [0.2, 0.25) is 0 Å². The van der Waals surface area contributed by atoms with E-state index in [1.165, 1.54) is 0 Å². The summed E-state index contributed by atoms with van der Waals surface area (Å²) in [5, 5.41) is 3.31. The largest absolute Gasteiger partial charge is 0.364 e. The molecule has 14 heavy (non-hydrogen) atoms. The van der Waals surface area contributed by atoms with Gasteiger partial charge in [-0.2, -0.15) is 0 Å². The summed E-state index contributed by atoms with van der Waals surface area (Å²) in [5.41, 5.74) is -0.0949. The maximum atomic E-state index is 5.89. The van der Waals surface area contributed by atoms with Crippen LogP contribution in [0.4, 0.5) is 5.82 Å². The van der Waals surface area contributed by atoms with Crippen molar-refractivity contribution in [2.45, 2.75) is 32.7 Å². The Morgan fingerprint density at radius 3 is 2.79 bits per heavy atom. The molecule has 3 nitrogen and oxygen atoms in total. The summed E-state index contributed by atoms with van der Waals surface area (Å²) >= 11 is 5.89. The predicted octanol–water partition coefficient (Wildman–Crippen LogP) is 2.60. The van der Waals surface area contributed by atoms with Crippen LogP contribution in [0.1, 0.15) is 26.1 Å². The van der Waals surface area contributed by atoms with Crippen LogP contribution in [0, 0.1) is 6.92 Å². The van der Waals surface area contributed by atoms with E-state index in [2.05, 4.69) is 29.1 Å². The first kappa shape index (κ1) is 11.2. The topological polar surface area (TPSA) is 37.8 Å². The molecule has 0 saturated heterocycles. The highest BCUT2D eigenvalue weighted by Gasteiger charge is 2.20. The van der Waals surface area contributed by atoms with Gasteiger partial charge in [0.1, 0.15) is 11.6 Å². The van der Waals surface area contributed by atoms with Crippen LogP contribution < -0.4 is 5.32 Å². The molecule has 1 atom stereocenters. The van der Waals surface area contributed by atoms with Crippen molar-refractivity contribution in [3.8, 4) is 0 Å². The van der Waals surface area contributed by atoms with Crippen molar-refractivity contribution in [3.63, 3.8) is 0 Å². The van der Waals surface area contributed by atoms with Crippen LogP contribution in [0.15, 0.2) is 12.3 Å². The van der Waals surface area contributed by atoms with Gasteiger partial charge in [-0.1, -0.05) is 6.92 Å². The van der Waals surface area contributed by atoms with Gasteiger partial charge in [0.2, 0.25) is 0 Å². The minimum atomic E-state index is -0.0949. The predicted molar refractivity (Wildman–Crippen MR) is 59.8 cm³/mol. The van der Waals surface area contributed by atoms with Crippen LogP contribution in [-0.2, 0) is 0 Å². The van der Waals surface area contributed by atoms with Gasteiger partial charge in [0, 0.05) is 17.6 Å².